The van der Waals surface area contributed by atoms with Gasteiger partial charge < -0.3 is 16.0 Å². The highest BCUT2D eigenvalue weighted by Crippen LogP contribution is 2.66. The van der Waals surface area contributed by atoms with E-state index in [2.05, 4.69) is 5.32 Å². The van der Waals surface area contributed by atoms with Gasteiger partial charge in [-0.25, -0.2) is 0 Å². The summed E-state index contributed by atoms with van der Waals surface area (Å²) in [6.07, 6.45) is -4.25. The lowest BCUT2D eigenvalue weighted by Crippen LogP contribution is -2.42. The van der Waals surface area contributed by atoms with Crippen LogP contribution in [0.3, 0.4) is 0 Å². The minimum Gasteiger partial charge on any atom is -0.366 e. The number of hydrogen-bond donors (Lipinski definition) is 2. The molecule has 2 aromatic carbocycles. The van der Waals surface area contributed by atoms with Gasteiger partial charge in [-0.2, -0.15) is 13.2 Å². The van der Waals surface area contributed by atoms with Gasteiger partial charge in [-0.15, -0.1) is 0 Å². The van der Waals surface area contributed by atoms with Crippen LogP contribution in [0.1, 0.15) is 46.7 Å². The van der Waals surface area contributed by atoms with E-state index in [4.69, 9.17) is 28.9 Å². The number of primary amides is 1. The van der Waals surface area contributed by atoms with Crippen molar-refractivity contribution in [1.82, 2.24) is 10.2 Å². The Labute approximate surface area is 212 Å². The molecule has 1 aliphatic rings. The Kier molecular flexibility index (Phi) is 8.40. The summed E-state index contributed by atoms with van der Waals surface area (Å²) in [7, 11) is 3.71. The van der Waals surface area contributed by atoms with Crippen molar-refractivity contribution in [3.05, 3.63) is 69.2 Å². The first-order chi connectivity index (χ1) is 16.3. The summed E-state index contributed by atoms with van der Waals surface area (Å²) in [6.45, 7) is 0.247. The predicted molar refractivity (Wildman–Crippen MR) is 131 cm³/mol. The number of hydrogen-bond acceptors (Lipinski definition) is 3. The van der Waals surface area contributed by atoms with Crippen molar-refractivity contribution in [3.63, 3.8) is 0 Å². The zero-order valence-corrected chi connectivity index (χ0v) is 21.0. The van der Waals surface area contributed by atoms with E-state index in [1.807, 2.05) is 19.0 Å². The zero-order chi connectivity index (χ0) is 26.0. The lowest BCUT2D eigenvalue weighted by molar-refractivity contribution is -0.194. The van der Waals surface area contributed by atoms with E-state index >= 15 is 0 Å². The van der Waals surface area contributed by atoms with Crippen molar-refractivity contribution in [2.75, 3.05) is 20.6 Å². The zero-order valence-electron chi connectivity index (χ0n) is 19.5. The number of benzene rings is 2. The van der Waals surface area contributed by atoms with E-state index in [-0.39, 0.29) is 41.9 Å². The molecule has 0 bridgehead atoms. The summed E-state index contributed by atoms with van der Waals surface area (Å²) in [5.74, 6) is -2.04. The van der Waals surface area contributed by atoms with Crippen molar-refractivity contribution in [2.45, 2.75) is 43.8 Å². The molecule has 2 amide bonds. The van der Waals surface area contributed by atoms with Gasteiger partial charge in [0.05, 0.1) is 15.5 Å². The van der Waals surface area contributed by atoms with Crippen LogP contribution in [0.25, 0.3) is 0 Å². The van der Waals surface area contributed by atoms with Crippen LogP contribution < -0.4 is 11.1 Å². The van der Waals surface area contributed by atoms with E-state index < -0.39 is 29.3 Å². The van der Waals surface area contributed by atoms with E-state index in [1.165, 1.54) is 18.2 Å². The van der Waals surface area contributed by atoms with Crippen molar-refractivity contribution < 1.29 is 22.8 Å². The first-order valence-corrected chi connectivity index (χ1v) is 11.9. The summed E-state index contributed by atoms with van der Waals surface area (Å²) in [5, 5.41) is 3.21. The molecule has 0 saturated heterocycles. The Hall–Kier alpha value is -2.29. The number of carbonyl (C=O) groups excluding carboxylic acids is 2. The highest BCUT2D eigenvalue weighted by atomic mass is 35.5. The second kappa shape index (κ2) is 10.8. The van der Waals surface area contributed by atoms with Gasteiger partial charge in [0.25, 0.3) is 0 Å². The normalized spacial score (nSPS) is 16.6. The number of carbonyl (C=O) groups is 2. The minimum atomic E-state index is -4.44. The summed E-state index contributed by atoms with van der Waals surface area (Å²) in [4.78, 5) is 26.1. The number of likely N-dealkylation sites (N-methyl/N-ethyl adjacent to an activating group) is 1. The topological polar surface area (TPSA) is 75.4 Å². The molecule has 5 nitrogen and oxygen atoms in total. The summed E-state index contributed by atoms with van der Waals surface area (Å²) in [6, 6.07) is 11.1. The van der Waals surface area contributed by atoms with Gasteiger partial charge in [-0.05, 0) is 68.8 Å². The summed E-state index contributed by atoms with van der Waals surface area (Å²) in [5.41, 5.74) is 5.02. The number of rotatable bonds is 10. The molecule has 0 radical (unpaired) electrons. The smallest absolute Gasteiger partial charge is 0.366 e. The lowest BCUT2D eigenvalue weighted by atomic mass is 9.80. The third-order valence-corrected chi connectivity index (χ3v) is 7.47. The SMILES string of the molecule is CN(C)[C@H](CNC(=O)C[C@H](c1ccc(Cl)c(Cl)c1)C1(C(F)(F)F)CC1)Cc1ccc(C(N)=O)cc1. The third kappa shape index (κ3) is 6.48. The molecule has 10 heteroatoms. The summed E-state index contributed by atoms with van der Waals surface area (Å²) < 4.78 is 41.9. The van der Waals surface area contributed by atoms with Gasteiger partial charge in [0, 0.05) is 30.5 Å². The number of nitrogens with zero attached hydrogens (tertiary/aromatic N) is 1. The molecular weight excluding hydrogens is 502 g/mol. The quantitative estimate of drug-likeness (QED) is 0.444. The van der Waals surface area contributed by atoms with Gasteiger partial charge in [0.1, 0.15) is 0 Å². The average Bonchev–Trinajstić information content (AvgIpc) is 3.59. The second-order valence-electron chi connectivity index (χ2n) is 9.27. The Balaban J connectivity index is 1.71. The number of nitrogens with two attached hydrogens (primary N) is 1. The van der Waals surface area contributed by atoms with Crippen LogP contribution in [0.5, 0.6) is 0 Å². The Bertz CT molecular complexity index is 1070. The number of amides is 2. The first-order valence-electron chi connectivity index (χ1n) is 11.2. The fourth-order valence-corrected chi connectivity index (χ4v) is 4.64. The molecule has 1 saturated carbocycles. The van der Waals surface area contributed by atoms with Gasteiger partial charge in [0.2, 0.25) is 11.8 Å². The van der Waals surface area contributed by atoms with Gasteiger partial charge in [0.15, 0.2) is 0 Å². The molecule has 1 aliphatic carbocycles. The van der Waals surface area contributed by atoms with E-state index in [0.717, 1.165) is 5.56 Å². The fourth-order valence-electron chi connectivity index (χ4n) is 4.33. The molecule has 2 aromatic rings. The van der Waals surface area contributed by atoms with E-state index in [9.17, 15) is 22.8 Å². The van der Waals surface area contributed by atoms with E-state index in [0.29, 0.717) is 17.5 Å². The molecular formula is C25H28Cl2F3N3O2. The highest BCUT2D eigenvalue weighted by molar-refractivity contribution is 6.42. The van der Waals surface area contributed by atoms with Gasteiger partial charge in [-0.1, -0.05) is 41.4 Å². The maximum atomic E-state index is 14.0. The Morgan fingerprint density at radius 3 is 2.20 bits per heavy atom. The Morgan fingerprint density at radius 1 is 1.09 bits per heavy atom. The van der Waals surface area contributed by atoms with Crippen molar-refractivity contribution >= 4 is 35.0 Å². The molecule has 1 fully saturated rings. The van der Waals surface area contributed by atoms with Crippen LogP contribution in [0.4, 0.5) is 13.2 Å². The van der Waals surface area contributed by atoms with Crippen LogP contribution >= 0.6 is 23.2 Å². The van der Waals surface area contributed by atoms with Crippen molar-refractivity contribution in [1.29, 1.82) is 0 Å². The number of halogens is 5. The van der Waals surface area contributed by atoms with Crippen LogP contribution in [-0.4, -0.2) is 49.6 Å². The predicted octanol–water partition coefficient (Wildman–Crippen LogP) is 5.20. The number of alkyl halides is 3. The number of nitrogens with one attached hydrogen (secondary N) is 1. The molecule has 3 rings (SSSR count). The third-order valence-electron chi connectivity index (χ3n) is 6.73. The molecule has 35 heavy (non-hydrogen) atoms. The largest absolute Gasteiger partial charge is 0.395 e. The van der Waals surface area contributed by atoms with Crippen LogP contribution in [-0.2, 0) is 11.2 Å². The van der Waals surface area contributed by atoms with Gasteiger partial charge in [-0.3, -0.25) is 9.59 Å². The molecule has 2 atom stereocenters. The van der Waals surface area contributed by atoms with Crippen molar-refractivity contribution in [2.24, 2.45) is 11.1 Å². The molecule has 0 spiro atoms. The van der Waals surface area contributed by atoms with Crippen LogP contribution in [0.15, 0.2) is 42.5 Å². The van der Waals surface area contributed by atoms with Crippen LogP contribution in [0, 0.1) is 5.41 Å². The molecule has 190 valence electrons. The summed E-state index contributed by atoms with van der Waals surface area (Å²) >= 11 is 12.0. The van der Waals surface area contributed by atoms with Crippen molar-refractivity contribution in [3.8, 4) is 0 Å². The molecule has 0 aromatic heterocycles. The van der Waals surface area contributed by atoms with Gasteiger partial charge >= 0.3 is 6.18 Å². The maximum absolute atomic E-state index is 14.0. The standard InChI is InChI=1S/C25H28Cl2F3N3O2/c1-33(2)18(11-15-3-5-16(6-4-15)23(31)35)14-32-22(34)13-19(24(9-10-24)25(28,29)30)17-7-8-20(26)21(27)12-17/h3-8,12,18-19H,9-11,13-14H2,1-2H3,(H2,31,35)(H,32,34)/t18-,19+/m0/s1. The minimum absolute atomic E-state index is 0.0314. The Morgan fingerprint density at radius 2 is 1.71 bits per heavy atom. The first kappa shape index (κ1) is 27.3. The second-order valence-corrected chi connectivity index (χ2v) is 10.1. The monoisotopic (exact) mass is 529 g/mol. The maximum Gasteiger partial charge on any atom is 0.395 e. The lowest BCUT2D eigenvalue weighted by Gasteiger charge is -2.30. The molecule has 0 heterocycles. The fraction of sp³-hybridized carbons (Fsp3) is 0.440. The average molecular weight is 530 g/mol. The van der Waals surface area contributed by atoms with Crippen LogP contribution in [0.2, 0.25) is 10.0 Å². The van der Waals surface area contributed by atoms with E-state index in [1.54, 1.807) is 24.3 Å². The molecule has 0 unspecified atom stereocenters. The highest BCUT2D eigenvalue weighted by Gasteiger charge is 2.67. The molecule has 0 aliphatic heterocycles. The molecule has 3 N–H and O–H groups in total.